The number of halogens is 1. The van der Waals surface area contributed by atoms with Gasteiger partial charge in [-0.3, -0.25) is 9.59 Å². The summed E-state index contributed by atoms with van der Waals surface area (Å²) in [5, 5.41) is 11.8. The standard InChI is InChI=1S/C23H23BrN4O4S/c1-4-11-28-21(13-25-22(30)16-7-10-19(31-2)20(12-16)32-3)26-27-23(28)33-14-18(29)15-5-8-17(24)9-6-15/h4-10,12H,1,11,13-14H2,2-3H3,(H,25,30). The van der Waals surface area contributed by atoms with Crippen molar-refractivity contribution in [3.8, 4) is 11.5 Å². The first-order valence-electron chi connectivity index (χ1n) is 9.91. The molecule has 8 nitrogen and oxygen atoms in total. The summed E-state index contributed by atoms with van der Waals surface area (Å²) < 4.78 is 13.2. The molecule has 3 rings (SSSR count). The van der Waals surface area contributed by atoms with Crippen LogP contribution in [0.25, 0.3) is 0 Å². The van der Waals surface area contributed by atoms with Crippen LogP contribution in [0.1, 0.15) is 26.5 Å². The highest BCUT2D eigenvalue weighted by Gasteiger charge is 2.16. The predicted molar refractivity (Wildman–Crippen MR) is 130 cm³/mol. The lowest BCUT2D eigenvalue weighted by Crippen LogP contribution is -2.25. The van der Waals surface area contributed by atoms with Gasteiger partial charge >= 0.3 is 0 Å². The number of methoxy groups -OCH3 is 2. The number of thioether (sulfide) groups is 1. The number of ether oxygens (including phenoxy) is 2. The maximum Gasteiger partial charge on any atom is 0.251 e. The number of ketones is 1. The van der Waals surface area contributed by atoms with Crippen molar-refractivity contribution >= 4 is 39.4 Å². The zero-order chi connectivity index (χ0) is 23.8. The molecule has 0 aliphatic carbocycles. The van der Waals surface area contributed by atoms with Crippen LogP contribution in [0.4, 0.5) is 0 Å². The first kappa shape index (κ1) is 24.5. The van der Waals surface area contributed by atoms with Gasteiger partial charge in [0.05, 0.1) is 26.5 Å². The number of Topliss-reactive ketones (excluding diaryl/α,β-unsaturated/α-hetero) is 1. The van der Waals surface area contributed by atoms with Crippen LogP contribution in [-0.2, 0) is 13.1 Å². The molecule has 0 atom stereocenters. The highest BCUT2D eigenvalue weighted by molar-refractivity contribution is 9.10. The van der Waals surface area contributed by atoms with Gasteiger partial charge in [-0.1, -0.05) is 45.9 Å². The van der Waals surface area contributed by atoms with E-state index in [0.717, 1.165) is 4.47 Å². The van der Waals surface area contributed by atoms with Gasteiger partial charge in [0.15, 0.2) is 28.3 Å². The van der Waals surface area contributed by atoms with Crippen LogP contribution in [0.5, 0.6) is 11.5 Å². The number of allylic oxidation sites excluding steroid dienone is 1. The number of amides is 1. The summed E-state index contributed by atoms with van der Waals surface area (Å²) in [6, 6.07) is 12.1. The van der Waals surface area contributed by atoms with E-state index in [1.165, 1.54) is 26.0 Å². The van der Waals surface area contributed by atoms with E-state index < -0.39 is 0 Å². The third-order valence-corrected chi connectivity index (χ3v) is 6.15. The van der Waals surface area contributed by atoms with Crippen molar-refractivity contribution in [2.24, 2.45) is 0 Å². The number of rotatable bonds is 11. The highest BCUT2D eigenvalue weighted by Crippen LogP contribution is 2.27. The van der Waals surface area contributed by atoms with Crippen LogP contribution < -0.4 is 14.8 Å². The van der Waals surface area contributed by atoms with Gasteiger partial charge in [-0.2, -0.15) is 0 Å². The Morgan fingerprint density at radius 1 is 1.09 bits per heavy atom. The van der Waals surface area contributed by atoms with Crippen LogP contribution in [0.15, 0.2) is 64.7 Å². The zero-order valence-electron chi connectivity index (χ0n) is 18.2. The number of carbonyl (C=O) groups excluding carboxylic acids is 2. The molecule has 0 fully saturated rings. The predicted octanol–water partition coefficient (Wildman–Crippen LogP) is 4.15. The van der Waals surface area contributed by atoms with E-state index in [2.05, 4.69) is 38.0 Å². The first-order valence-corrected chi connectivity index (χ1v) is 11.7. The van der Waals surface area contributed by atoms with E-state index in [4.69, 9.17) is 9.47 Å². The molecule has 1 aromatic heterocycles. The molecule has 0 spiro atoms. The second kappa shape index (κ2) is 11.7. The van der Waals surface area contributed by atoms with Gasteiger partial charge in [-0.05, 0) is 30.3 Å². The molecule has 33 heavy (non-hydrogen) atoms. The van der Waals surface area contributed by atoms with Gasteiger partial charge in [0, 0.05) is 22.1 Å². The smallest absolute Gasteiger partial charge is 0.251 e. The molecule has 0 bridgehead atoms. The second-order valence-corrected chi connectivity index (χ2v) is 8.63. The van der Waals surface area contributed by atoms with Gasteiger partial charge in [0.1, 0.15) is 0 Å². The molecule has 0 saturated carbocycles. The number of hydrogen-bond acceptors (Lipinski definition) is 7. The van der Waals surface area contributed by atoms with Crippen LogP contribution in [-0.4, -0.2) is 46.4 Å². The summed E-state index contributed by atoms with van der Waals surface area (Å²) >= 11 is 4.66. The normalized spacial score (nSPS) is 10.5. The fraction of sp³-hybridized carbons (Fsp3) is 0.217. The van der Waals surface area contributed by atoms with Crippen LogP contribution in [0, 0.1) is 0 Å². The van der Waals surface area contributed by atoms with Crippen molar-refractivity contribution in [1.82, 2.24) is 20.1 Å². The van der Waals surface area contributed by atoms with Crippen molar-refractivity contribution in [2.75, 3.05) is 20.0 Å². The monoisotopic (exact) mass is 530 g/mol. The minimum atomic E-state index is -0.288. The lowest BCUT2D eigenvalue weighted by atomic mass is 10.2. The van der Waals surface area contributed by atoms with Crippen LogP contribution in [0.3, 0.4) is 0 Å². The summed E-state index contributed by atoms with van der Waals surface area (Å²) in [7, 11) is 3.05. The Morgan fingerprint density at radius 3 is 2.45 bits per heavy atom. The SMILES string of the molecule is C=CCn1c(CNC(=O)c2ccc(OC)c(OC)c2)nnc1SCC(=O)c1ccc(Br)cc1. The Bertz CT molecular complexity index is 1150. The van der Waals surface area contributed by atoms with E-state index in [0.29, 0.717) is 40.2 Å². The minimum absolute atomic E-state index is 0.0102. The van der Waals surface area contributed by atoms with Gasteiger partial charge < -0.3 is 19.4 Å². The fourth-order valence-corrected chi connectivity index (χ4v) is 4.08. The van der Waals surface area contributed by atoms with E-state index in [1.54, 1.807) is 36.4 Å². The Labute approximate surface area is 204 Å². The molecule has 0 aliphatic rings. The Kier molecular flexibility index (Phi) is 8.67. The van der Waals surface area contributed by atoms with E-state index in [9.17, 15) is 9.59 Å². The average molecular weight is 531 g/mol. The average Bonchev–Trinajstić information content (AvgIpc) is 3.22. The molecule has 0 radical (unpaired) electrons. The number of carbonyl (C=O) groups is 2. The van der Waals surface area contributed by atoms with Crippen LogP contribution in [0.2, 0.25) is 0 Å². The first-order chi connectivity index (χ1) is 16.0. The third-order valence-electron chi connectivity index (χ3n) is 4.66. The van der Waals surface area contributed by atoms with Crippen molar-refractivity contribution in [3.63, 3.8) is 0 Å². The minimum Gasteiger partial charge on any atom is -0.493 e. The van der Waals surface area contributed by atoms with E-state index in [1.807, 2.05) is 16.7 Å². The Balaban J connectivity index is 1.66. The van der Waals surface area contributed by atoms with E-state index in [-0.39, 0.29) is 24.0 Å². The Hall–Kier alpha value is -3.11. The van der Waals surface area contributed by atoms with Gasteiger partial charge in [-0.15, -0.1) is 16.8 Å². The van der Waals surface area contributed by atoms with Gasteiger partial charge in [-0.25, -0.2) is 0 Å². The highest BCUT2D eigenvalue weighted by atomic mass is 79.9. The quantitative estimate of drug-likeness (QED) is 0.226. The number of nitrogens with zero attached hydrogens (tertiary/aromatic N) is 3. The summed E-state index contributed by atoms with van der Waals surface area (Å²) in [5.74, 6) is 1.48. The van der Waals surface area contributed by atoms with Crippen molar-refractivity contribution in [2.45, 2.75) is 18.2 Å². The topological polar surface area (TPSA) is 95.3 Å². The number of nitrogens with one attached hydrogen (secondary N) is 1. The lowest BCUT2D eigenvalue weighted by Gasteiger charge is -2.11. The number of aromatic nitrogens is 3. The largest absolute Gasteiger partial charge is 0.493 e. The molecule has 172 valence electrons. The molecule has 10 heteroatoms. The molecule has 1 heterocycles. The van der Waals surface area contributed by atoms with Gasteiger partial charge in [0.25, 0.3) is 5.91 Å². The second-order valence-electron chi connectivity index (χ2n) is 6.77. The summed E-state index contributed by atoms with van der Waals surface area (Å²) in [4.78, 5) is 25.1. The van der Waals surface area contributed by atoms with Crippen molar-refractivity contribution in [3.05, 3.63) is 76.5 Å². The third kappa shape index (κ3) is 6.23. The summed E-state index contributed by atoms with van der Waals surface area (Å²) in [6.07, 6.45) is 1.71. The molecule has 0 unspecified atom stereocenters. The maximum atomic E-state index is 12.6. The molecule has 0 aliphatic heterocycles. The molecular formula is C23H23BrN4O4S. The van der Waals surface area contributed by atoms with Crippen LogP contribution >= 0.6 is 27.7 Å². The fourth-order valence-electron chi connectivity index (χ4n) is 2.96. The zero-order valence-corrected chi connectivity index (χ0v) is 20.6. The molecule has 2 aromatic carbocycles. The Morgan fingerprint density at radius 2 is 1.79 bits per heavy atom. The number of hydrogen-bond donors (Lipinski definition) is 1. The number of benzene rings is 2. The van der Waals surface area contributed by atoms with E-state index >= 15 is 0 Å². The van der Waals surface area contributed by atoms with Crippen molar-refractivity contribution in [1.29, 1.82) is 0 Å². The summed E-state index contributed by atoms with van der Waals surface area (Å²) in [6.45, 7) is 4.39. The molecule has 1 N–H and O–H groups in total. The lowest BCUT2D eigenvalue weighted by molar-refractivity contribution is 0.0948. The van der Waals surface area contributed by atoms with Gasteiger partial charge in [0.2, 0.25) is 0 Å². The molecule has 0 saturated heterocycles. The molecule has 3 aromatic rings. The maximum absolute atomic E-state index is 12.6. The molecule has 1 amide bonds. The summed E-state index contributed by atoms with van der Waals surface area (Å²) in [5.41, 5.74) is 1.06. The molecular weight excluding hydrogens is 508 g/mol. The van der Waals surface area contributed by atoms with Crippen molar-refractivity contribution < 1.29 is 19.1 Å².